The zero-order valence-corrected chi connectivity index (χ0v) is 17.6. The number of nitrogens with zero attached hydrogens (tertiary/aromatic N) is 2. The van der Waals surface area contributed by atoms with Gasteiger partial charge in [-0.05, 0) is 47.7 Å². The zero-order chi connectivity index (χ0) is 20.0. The van der Waals surface area contributed by atoms with E-state index in [0.717, 1.165) is 11.3 Å². The van der Waals surface area contributed by atoms with Crippen LogP contribution in [0.2, 0.25) is 0 Å². The van der Waals surface area contributed by atoms with Gasteiger partial charge in [0.25, 0.3) is 0 Å². The van der Waals surface area contributed by atoms with E-state index in [0.29, 0.717) is 19.4 Å². The van der Waals surface area contributed by atoms with Crippen LogP contribution in [0.3, 0.4) is 0 Å². The smallest absolute Gasteiger partial charge is 0.233 e. The van der Waals surface area contributed by atoms with Crippen molar-refractivity contribution in [1.82, 2.24) is 9.80 Å². The van der Waals surface area contributed by atoms with E-state index in [-0.39, 0.29) is 48.6 Å². The summed E-state index contributed by atoms with van der Waals surface area (Å²) in [7, 11) is 0. The lowest BCUT2D eigenvalue weighted by atomic mass is 9.85. The first-order valence-corrected chi connectivity index (χ1v) is 11.8. The molecule has 0 bridgehead atoms. The van der Waals surface area contributed by atoms with Crippen LogP contribution in [0.5, 0.6) is 0 Å². The fourth-order valence-electron chi connectivity index (χ4n) is 4.78. The van der Waals surface area contributed by atoms with Gasteiger partial charge in [-0.2, -0.15) is 0 Å². The Labute approximate surface area is 177 Å². The predicted octanol–water partition coefficient (Wildman–Crippen LogP) is 3.63. The minimum Gasteiger partial charge on any atom is -0.330 e. The standard InChI is InChI=1S/C22H22N2O3S2/c25-19(8-11-24-21(26)14-4-1-2-5-15(14)22(24)27)23-10-7-17-16(9-13-29-17)20(23)18-6-3-12-28-18/h1-3,6,9,12-15,20H,4-5,7-8,10-11H2/t14-,15+,20-/m0/s1. The topological polar surface area (TPSA) is 57.7 Å². The Hall–Kier alpha value is -2.25. The normalized spacial score (nSPS) is 26.0. The molecule has 1 saturated heterocycles. The molecule has 0 radical (unpaired) electrons. The van der Waals surface area contributed by atoms with E-state index in [1.165, 1.54) is 15.3 Å². The molecule has 2 aromatic heterocycles. The average molecular weight is 427 g/mol. The summed E-state index contributed by atoms with van der Waals surface area (Å²) in [6.07, 6.45) is 6.28. The monoisotopic (exact) mass is 426 g/mol. The number of fused-ring (bicyclic) bond motifs is 2. The third kappa shape index (κ3) is 3.16. The van der Waals surface area contributed by atoms with Crippen LogP contribution >= 0.6 is 22.7 Å². The van der Waals surface area contributed by atoms with E-state index >= 15 is 0 Å². The molecule has 0 saturated carbocycles. The fourth-order valence-corrected chi connectivity index (χ4v) is 6.54. The van der Waals surface area contributed by atoms with E-state index in [1.807, 2.05) is 28.5 Å². The summed E-state index contributed by atoms with van der Waals surface area (Å²) < 4.78 is 0. The molecule has 1 aliphatic carbocycles. The van der Waals surface area contributed by atoms with Gasteiger partial charge in [-0.3, -0.25) is 19.3 Å². The van der Waals surface area contributed by atoms with E-state index < -0.39 is 0 Å². The predicted molar refractivity (Wildman–Crippen MR) is 113 cm³/mol. The Kier molecular flexibility index (Phi) is 4.87. The van der Waals surface area contributed by atoms with Gasteiger partial charge in [-0.25, -0.2) is 0 Å². The van der Waals surface area contributed by atoms with Crippen LogP contribution in [0.4, 0.5) is 0 Å². The molecule has 0 N–H and O–H groups in total. The summed E-state index contributed by atoms with van der Waals surface area (Å²) in [5.41, 5.74) is 1.21. The van der Waals surface area contributed by atoms with Crippen LogP contribution in [0.1, 0.15) is 40.6 Å². The van der Waals surface area contributed by atoms with Crippen LogP contribution in [-0.2, 0) is 20.8 Å². The maximum Gasteiger partial charge on any atom is 0.233 e. The van der Waals surface area contributed by atoms with Gasteiger partial charge in [-0.1, -0.05) is 18.2 Å². The third-order valence-corrected chi connectivity index (χ3v) is 8.17. The summed E-state index contributed by atoms with van der Waals surface area (Å²) in [5, 5.41) is 4.13. The number of rotatable bonds is 4. The van der Waals surface area contributed by atoms with Crippen LogP contribution < -0.4 is 0 Å². The minimum atomic E-state index is -0.232. The molecule has 4 heterocycles. The third-order valence-electron chi connectivity index (χ3n) is 6.25. The number of carbonyl (C=O) groups excluding carboxylic acids is 3. The molecule has 7 heteroatoms. The molecule has 3 aliphatic rings. The van der Waals surface area contributed by atoms with Gasteiger partial charge in [-0.15, -0.1) is 22.7 Å². The van der Waals surface area contributed by atoms with Gasteiger partial charge in [0.1, 0.15) is 0 Å². The molecule has 1 fully saturated rings. The molecular formula is C22H22N2O3S2. The molecule has 5 nitrogen and oxygen atoms in total. The van der Waals surface area contributed by atoms with Gasteiger partial charge in [0.2, 0.25) is 17.7 Å². The molecule has 0 unspecified atom stereocenters. The first-order valence-electron chi connectivity index (χ1n) is 10.0. The van der Waals surface area contributed by atoms with Crippen molar-refractivity contribution in [3.05, 3.63) is 56.4 Å². The maximum atomic E-state index is 13.2. The molecule has 3 amide bonds. The maximum absolute atomic E-state index is 13.2. The van der Waals surface area contributed by atoms with Crippen LogP contribution in [0.25, 0.3) is 0 Å². The van der Waals surface area contributed by atoms with Gasteiger partial charge in [0.15, 0.2) is 0 Å². The Morgan fingerprint density at radius 1 is 1.03 bits per heavy atom. The highest BCUT2D eigenvalue weighted by atomic mass is 32.1. The van der Waals surface area contributed by atoms with Crippen molar-refractivity contribution < 1.29 is 14.4 Å². The first kappa shape index (κ1) is 18.8. The van der Waals surface area contributed by atoms with E-state index in [9.17, 15) is 14.4 Å². The molecule has 3 atom stereocenters. The first-order chi connectivity index (χ1) is 14.1. The number of imide groups is 1. The van der Waals surface area contributed by atoms with Gasteiger partial charge >= 0.3 is 0 Å². The Balaban J connectivity index is 1.32. The van der Waals surface area contributed by atoms with E-state index in [1.54, 1.807) is 22.7 Å². The lowest BCUT2D eigenvalue weighted by molar-refractivity contribution is -0.141. The molecule has 2 aliphatic heterocycles. The highest BCUT2D eigenvalue weighted by Gasteiger charge is 2.47. The van der Waals surface area contributed by atoms with Crippen molar-refractivity contribution in [1.29, 1.82) is 0 Å². The summed E-state index contributed by atoms with van der Waals surface area (Å²) >= 11 is 3.41. The van der Waals surface area contributed by atoms with Crippen molar-refractivity contribution in [2.45, 2.75) is 31.7 Å². The lowest BCUT2D eigenvalue weighted by Crippen LogP contribution is -2.42. The molecule has 5 rings (SSSR count). The second-order valence-corrected chi connectivity index (χ2v) is 9.77. The average Bonchev–Trinajstić information content (AvgIpc) is 3.48. The van der Waals surface area contributed by atoms with Crippen molar-refractivity contribution in [2.75, 3.05) is 13.1 Å². The lowest BCUT2D eigenvalue weighted by Gasteiger charge is -2.36. The second kappa shape index (κ2) is 7.54. The quantitative estimate of drug-likeness (QED) is 0.554. The number of allylic oxidation sites excluding steroid dienone is 2. The summed E-state index contributed by atoms with van der Waals surface area (Å²) in [4.78, 5) is 44.3. The molecule has 150 valence electrons. The highest BCUT2D eigenvalue weighted by molar-refractivity contribution is 7.10. The Morgan fingerprint density at radius 3 is 2.48 bits per heavy atom. The number of hydrogen-bond donors (Lipinski definition) is 0. The molecular weight excluding hydrogens is 404 g/mol. The van der Waals surface area contributed by atoms with E-state index in [4.69, 9.17) is 0 Å². The fraction of sp³-hybridized carbons (Fsp3) is 0.409. The molecule has 2 aromatic rings. The SMILES string of the molecule is O=C1[C@H]2CC=CC[C@H]2C(=O)N1CCC(=O)N1CCc2sccc2[C@H]1c1cccs1. The number of likely N-dealkylation sites (tertiary alicyclic amines) is 1. The molecule has 29 heavy (non-hydrogen) atoms. The van der Waals surface area contributed by atoms with Crippen molar-refractivity contribution in [2.24, 2.45) is 11.8 Å². The minimum absolute atomic E-state index is 0.00819. The summed E-state index contributed by atoms with van der Waals surface area (Å²) in [6.45, 7) is 0.861. The van der Waals surface area contributed by atoms with Crippen LogP contribution in [0.15, 0.2) is 41.1 Å². The number of carbonyl (C=O) groups is 3. The number of amides is 3. The Morgan fingerprint density at radius 2 is 1.79 bits per heavy atom. The highest BCUT2D eigenvalue weighted by Crippen LogP contribution is 2.40. The van der Waals surface area contributed by atoms with Crippen molar-refractivity contribution in [3.8, 4) is 0 Å². The summed E-state index contributed by atoms with van der Waals surface area (Å²) in [5.74, 6) is -0.667. The van der Waals surface area contributed by atoms with E-state index in [2.05, 4.69) is 17.5 Å². The van der Waals surface area contributed by atoms with Gasteiger partial charge in [0, 0.05) is 29.3 Å². The van der Waals surface area contributed by atoms with Crippen LogP contribution in [-0.4, -0.2) is 40.6 Å². The molecule has 0 aromatic carbocycles. The second-order valence-electron chi connectivity index (χ2n) is 7.79. The van der Waals surface area contributed by atoms with Crippen molar-refractivity contribution in [3.63, 3.8) is 0 Å². The van der Waals surface area contributed by atoms with Gasteiger partial charge in [0.05, 0.1) is 17.9 Å². The molecule has 0 spiro atoms. The van der Waals surface area contributed by atoms with Crippen molar-refractivity contribution >= 4 is 40.4 Å². The zero-order valence-electron chi connectivity index (χ0n) is 16.0. The summed E-state index contributed by atoms with van der Waals surface area (Å²) in [6, 6.07) is 6.15. The Bertz CT molecular complexity index is 952. The number of hydrogen-bond acceptors (Lipinski definition) is 5. The van der Waals surface area contributed by atoms with Gasteiger partial charge < -0.3 is 4.90 Å². The largest absolute Gasteiger partial charge is 0.330 e. The number of thiophene rings is 2. The van der Waals surface area contributed by atoms with Crippen LogP contribution in [0, 0.1) is 11.8 Å².